The highest BCUT2D eigenvalue weighted by atomic mass is 32.2. The Morgan fingerprint density at radius 3 is 2.30 bits per heavy atom. The van der Waals surface area contributed by atoms with Crippen molar-refractivity contribution in [1.82, 2.24) is 0 Å². The number of methoxy groups -OCH3 is 1. The number of aliphatic imine (C=N–C) groups is 1. The van der Waals surface area contributed by atoms with Crippen LogP contribution in [0.2, 0.25) is 0 Å². The summed E-state index contributed by atoms with van der Waals surface area (Å²) in [5.41, 5.74) is -0.530. The maximum Gasteiger partial charge on any atom is 0.333 e. The molecule has 0 spiro atoms. The predicted molar refractivity (Wildman–Crippen MR) is 118 cm³/mol. The second kappa shape index (κ2) is 14.2. The molecule has 0 atom stereocenters. The monoisotopic (exact) mass is 443 g/mol. The molecule has 9 heteroatoms. The molecule has 1 aromatic carbocycles. The summed E-state index contributed by atoms with van der Waals surface area (Å²) in [7, 11) is 1.63. The number of esters is 1. The van der Waals surface area contributed by atoms with Gasteiger partial charge in [0.25, 0.3) is 0 Å². The summed E-state index contributed by atoms with van der Waals surface area (Å²) in [6.45, 7) is 8.22. The third-order valence-corrected chi connectivity index (χ3v) is 4.55. The Kier molecular flexibility index (Phi) is 12.4. The molecule has 0 aromatic heterocycles. The van der Waals surface area contributed by atoms with Gasteiger partial charge in [-0.3, -0.25) is 4.99 Å². The van der Waals surface area contributed by atoms with Gasteiger partial charge in [0.1, 0.15) is 23.1 Å². The molecule has 0 radical (unpaired) electrons. The van der Waals surface area contributed by atoms with Gasteiger partial charge in [-0.1, -0.05) is 0 Å². The summed E-state index contributed by atoms with van der Waals surface area (Å²) >= 11 is 1.34. The van der Waals surface area contributed by atoms with Crippen molar-refractivity contribution in [3.8, 4) is 11.5 Å². The number of carbonyl (C=O) groups is 1. The van der Waals surface area contributed by atoms with Crippen LogP contribution in [0.25, 0.3) is 0 Å². The minimum absolute atomic E-state index is 0.0210. The standard InChI is InChI=1S/C21H33NO7S/c1-6-28-20(24)21(2,3)22-19(30-5)17-8-7-16(15-18(17)23)29-14-13-27-12-11-26-10-9-25-4/h7-8,15,23H,6,9-14H2,1-5H3. The first-order chi connectivity index (χ1) is 14.4. The third-order valence-electron chi connectivity index (χ3n) is 3.85. The van der Waals surface area contributed by atoms with Gasteiger partial charge in [-0.2, -0.15) is 0 Å². The number of phenols is 1. The molecule has 0 aliphatic heterocycles. The van der Waals surface area contributed by atoms with Crippen LogP contribution in [0.4, 0.5) is 0 Å². The van der Waals surface area contributed by atoms with E-state index in [0.717, 1.165) is 0 Å². The van der Waals surface area contributed by atoms with Gasteiger partial charge < -0.3 is 28.8 Å². The van der Waals surface area contributed by atoms with E-state index in [-0.39, 0.29) is 12.4 Å². The summed E-state index contributed by atoms with van der Waals surface area (Å²) in [4.78, 5) is 16.6. The van der Waals surface area contributed by atoms with Crippen LogP contribution in [0.3, 0.4) is 0 Å². The van der Waals surface area contributed by atoms with E-state index in [2.05, 4.69) is 4.99 Å². The number of phenolic OH excluding ortho intramolecular Hbond substituents is 1. The van der Waals surface area contributed by atoms with E-state index in [1.54, 1.807) is 40.0 Å². The second-order valence-corrected chi connectivity index (χ2v) is 7.44. The van der Waals surface area contributed by atoms with Crippen molar-refractivity contribution in [2.75, 3.05) is 59.6 Å². The Morgan fingerprint density at radius 2 is 1.73 bits per heavy atom. The molecule has 1 aromatic rings. The van der Waals surface area contributed by atoms with Crippen LogP contribution in [0, 0.1) is 0 Å². The molecular formula is C21H33NO7S. The zero-order valence-electron chi connectivity index (χ0n) is 18.4. The van der Waals surface area contributed by atoms with Gasteiger partial charge in [-0.15, -0.1) is 11.8 Å². The van der Waals surface area contributed by atoms with Gasteiger partial charge in [0, 0.05) is 18.7 Å². The highest BCUT2D eigenvalue weighted by molar-refractivity contribution is 8.13. The van der Waals surface area contributed by atoms with Crippen LogP contribution in [0.15, 0.2) is 23.2 Å². The van der Waals surface area contributed by atoms with Gasteiger partial charge in [0.2, 0.25) is 0 Å². The normalized spacial score (nSPS) is 12.1. The number of ether oxygens (including phenoxy) is 5. The summed E-state index contributed by atoms with van der Waals surface area (Å²) in [6, 6.07) is 4.98. The van der Waals surface area contributed by atoms with Crippen molar-refractivity contribution in [2.24, 2.45) is 4.99 Å². The maximum absolute atomic E-state index is 12.1. The zero-order valence-corrected chi connectivity index (χ0v) is 19.3. The molecule has 1 N–H and O–H groups in total. The van der Waals surface area contributed by atoms with Crippen molar-refractivity contribution in [1.29, 1.82) is 0 Å². The number of hydrogen-bond donors (Lipinski definition) is 1. The third kappa shape index (κ3) is 9.34. The number of carbonyl (C=O) groups excluding carboxylic acids is 1. The van der Waals surface area contributed by atoms with Crippen molar-refractivity contribution in [3.63, 3.8) is 0 Å². The summed E-state index contributed by atoms with van der Waals surface area (Å²) < 4.78 is 26.3. The fraction of sp³-hybridized carbons (Fsp3) is 0.619. The average Bonchev–Trinajstić information content (AvgIpc) is 2.71. The molecule has 0 bridgehead atoms. The number of rotatable bonds is 14. The van der Waals surface area contributed by atoms with E-state index in [9.17, 15) is 9.90 Å². The van der Waals surface area contributed by atoms with Crippen molar-refractivity contribution < 1.29 is 33.6 Å². The van der Waals surface area contributed by atoms with E-state index in [4.69, 9.17) is 23.7 Å². The summed E-state index contributed by atoms with van der Waals surface area (Å²) in [5, 5.41) is 11.0. The summed E-state index contributed by atoms with van der Waals surface area (Å²) in [5.74, 6) is 0.120. The number of thioether (sulfide) groups is 1. The van der Waals surface area contributed by atoms with Crippen LogP contribution in [-0.2, 0) is 23.7 Å². The Hall–Kier alpha value is -1.81. The molecule has 0 aliphatic carbocycles. The van der Waals surface area contributed by atoms with Gasteiger partial charge in [0.15, 0.2) is 5.54 Å². The fourth-order valence-electron chi connectivity index (χ4n) is 2.29. The Labute approximate surface area is 182 Å². The highest BCUT2D eigenvalue weighted by Gasteiger charge is 2.29. The molecule has 0 fully saturated rings. The SMILES string of the molecule is CCOC(=O)C(C)(C)N=C(SC)c1ccc(OCCOCCOCCOC)cc1O. The highest BCUT2D eigenvalue weighted by Crippen LogP contribution is 2.28. The number of aromatic hydroxyl groups is 1. The molecule has 0 saturated carbocycles. The molecule has 8 nitrogen and oxygen atoms in total. The van der Waals surface area contributed by atoms with E-state index in [1.165, 1.54) is 17.8 Å². The molecule has 0 saturated heterocycles. The molecule has 1 rings (SSSR count). The van der Waals surface area contributed by atoms with Gasteiger partial charge in [0.05, 0.1) is 39.6 Å². The minimum atomic E-state index is -1.05. The Balaban J connectivity index is 2.59. The Morgan fingerprint density at radius 1 is 1.10 bits per heavy atom. The largest absolute Gasteiger partial charge is 0.507 e. The van der Waals surface area contributed by atoms with Crippen LogP contribution >= 0.6 is 11.8 Å². The lowest BCUT2D eigenvalue weighted by molar-refractivity contribution is -0.148. The van der Waals surface area contributed by atoms with E-state index < -0.39 is 11.5 Å². The number of hydrogen-bond acceptors (Lipinski definition) is 9. The van der Waals surface area contributed by atoms with Crippen LogP contribution in [0.5, 0.6) is 11.5 Å². The van der Waals surface area contributed by atoms with Gasteiger partial charge in [-0.05, 0) is 39.2 Å². The first-order valence-electron chi connectivity index (χ1n) is 9.77. The quantitative estimate of drug-likeness (QED) is 0.203. The molecule has 0 amide bonds. The molecular weight excluding hydrogens is 410 g/mol. The van der Waals surface area contributed by atoms with Crippen LogP contribution in [-0.4, -0.2) is 81.3 Å². The first-order valence-corrected chi connectivity index (χ1v) is 11.0. The molecule has 30 heavy (non-hydrogen) atoms. The van der Waals surface area contributed by atoms with Crippen LogP contribution in [0.1, 0.15) is 26.3 Å². The van der Waals surface area contributed by atoms with Crippen molar-refractivity contribution in [2.45, 2.75) is 26.3 Å². The Bertz CT molecular complexity index is 679. The van der Waals surface area contributed by atoms with Crippen molar-refractivity contribution >= 4 is 22.8 Å². The lowest BCUT2D eigenvalue weighted by atomic mass is 10.1. The molecule has 170 valence electrons. The van der Waals surface area contributed by atoms with Crippen LogP contribution < -0.4 is 4.74 Å². The minimum Gasteiger partial charge on any atom is -0.507 e. The summed E-state index contributed by atoms with van der Waals surface area (Å²) in [6.07, 6.45) is 1.83. The molecule has 0 unspecified atom stereocenters. The lowest BCUT2D eigenvalue weighted by Crippen LogP contribution is -2.32. The fourth-order valence-corrected chi connectivity index (χ4v) is 3.00. The molecule has 0 aliphatic rings. The zero-order chi connectivity index (χ0) is 22.4. The van der Waals surface area contributed by atoms with Gasteiger partial charge >= 0.3 is 5.97 Å². The second-order valence-electron chi connectivity index (χ2n) is 6.65. The average molecular weight is 444 g/mol. The lowest BCUT2D eigenvalue weighted by Gasteiger charge is -2.19. The molecule has 0 heterocycles. The number of benzene rings is 1. The van der Waals surface area contributed by atoms with Gasteiger partial charge in [-0.25, -0.2) is 4.79 Å². The van der Waals surface area contributed by atoms with Crippen molar-refractivity contribution in [3.05, 3.63) is 23.8 Å². The smallest absolute Gasteiger partial charge is 0.333 e. The maximum atomic E-state index is 12.1. The van der Waals surface area contributed by atoms with E-state index in [0.29, 0.717) is 56.0 Å². The van der Waals surface area contributed by atoms with E-state index in [1.807, 2.05) is 6.26 Å². The topological polar surface area (TPSA) is 95.8 Å². The van der Waals surface area contributed by atoms with E-state index >= 15 is 0 Å². The predicted octanol–water partition coefficient (Wildman–Crippen LogP) is 2.90. The first kappa shape index (κ1) is 26.2. The number of nitrogens with zero attached hydrogens (tertiary/aromatic N) is 1.